The molecule has 0 spiro atoms. The maximum Gasteiger partial charge on any atom is 0.258 e. The van der Waals surface area contributed by atoms with Crippen molar-refractivity contribution in [1.29, 1.82) is 0 Å². The maximum absolute atomic E-state index is 12.1. The van der Waals surface area contributed by atoms with Gasteiger partial charge in [0, 0.05) is 22.2 Å². The Morgan fingerprint density at radius 2 is 1.95 bits per heavy atom. The number of aromatic amines is 1. The molecule has 1 aromatic heterocycles. The van der Waals surface area contributed by atoms with E-state index in [4.69, 9.17) is 23.2 Å². The average molecular weight is 312 g/mol. The molecule has 2 N–H and O–H groups in total. The highest BCUT2D eigenvalue weighted by Gasteiger charge is 2.18. The number of H-pyrrole nitrogens is 1. The predicted molar refractivity (Wildman–Crippen MR) is 81.7 cm³/mol. The van der Waals surface area contributed by atoms with Crippen LogP contribution in [-0.4, -0.2) is 16.1 Å². The number of halogens is 2. The van der Waals surface area contributed by atoms with Gasteiger partial charge in [-0.3, -0.25) is 9.89 Å². The molecular formula is C14H15Cl2N3O. The highest BCUT2D eigenvalue weighted by molar-refractivity contribution is 6.36. The van der Waals surface area contributed by atoms with Gasteiger partial charge < -0.3 is 5.32 Å². The van der Waals surface area contributed by atoms with Gasteiger partial charge in [-0.1, -0.05) is 44.0 Å². The molecule has 0 aliphatic rings. The quantitative estimate of drug-likeness (QED) is 0.870. The third-order valence-corrected chi connectivity index (χ3v) is 3.37. The van der Waals surface area contributed by atoms with Gasteiger partial charge in [0.1, 0.15) is 0 Å². The molecule has 1 heterocycles. The summed E-state index contributed by atoms with van der Waals surface area (Å²) in [6.07, 6.45) is 0. The van der Waals surface area contributed by atoms with Crippen LogP contribution < -0.4 is 5.32 Å². The summed E-state index contributed by atoms with van der Waals surface area (Å²) in [6, 6.07) is 6.55. The summed E-state index contributed by atoms with van der Waals surface area (Å²) in [5, 5.41) is 10.5. The van der Waals surface area contributed by atoms with Gasteiger partial charge in [-0.25, -0.2) is 0 Å². The highest BCUT2D eigenvalue weighted by Crippen LogP contribution is 2.24. The van der Waals surface area contributed by atoms with E-state index in [0.717, 1.165) is 5.69 Å². The van der Waals surface area contributed by atoms with Gasteiger partial charge in [-0.15, -0.1) is 0 Å². The van der Waals surface area contributed by atoms with Gasteiger partial charge in [0.15, 0.2) is 5.82 Å². The normalized spacial score (nSPS) is 11.4. The zero-order valence-electron chi connectivity index (χ0n) is 11.4. The van der Waals surface area contributed by atoms with Crippen LogP contribution in [0, 0.1) is 0 Å². The summed E-state index contributed by atoms with van der Waals surface area (Å²) in [6.45, 7) is 6.17. The number of aromatic nitrogens is 2. The standard InChI is InChI=1S/C14H15Cl2N3O/c1-14(2,3)11-7-12(19-18-11)17-13(20)9-6-8(15)4-5-10(9)16/h4-7H,1-3H3,(H2,17,18,19,20). The van der Waals surface area contributed by atoms with Crippen molar-refractivity contribution in [2.24, 2.45) is 0 Å². The highest BCUT2D eigenvalue weighted by atomic mass is 35.5. The summed E-state index contributed by atoms with van der Waals surface area (Å²) in [5.74, 6) is 0.112. The zero-order chi connectivity index (χ0) is 14.9. The van der Waals surface area contributed by atoms with E-state index in [1.807, 2.05) is 0 Å². The van der Waals surface area contributed by atoms with Crippen molar-refractivity contribution in [3.05, 3.63) is 45.6 Å². The number of nitrogens with one attached hydrogen (secondary N) is 2. The minimum atomic E-state index is -0.343. The fourth-order valence-corrected chi connectivity index (χ4v) is 2.00. The van der Waals surface area contributed by atoms with E-state index in [1.165, 1.54) is 6.07 Å². The Morgan fingerprint density at radius 3 is 2.55 bits per heavy atom. The molecule has 20 heavy (non-hydrogen) atoms. The molecule has 0 aliphatic heterocycles. The molecule has 0 atom stereocenters. The number of carbonyl (C=O) groups excluding carboxylic acids is 1. The SMILES string of the molecule is CC(C)(C)c1cc(NC(=O)c2cc(Cl)ccc2Cl)n[nH]1. The molecular weight excluding hydrogens is 297 g/mol. The number of benzene rings is 1. The second kappa shape index (κ2) is 5.46. The summed E-state index contributed by atoms with van der Waals surface area (Å²) in [5.41, 5.74) is 1.19. The number of anilines is 1. The van der Waals surface area contributed by atoms with Crippen LogP contribution in [0.25, 0.3) is 0 Å². The summed E-state index contributed by atoms with van der Waals surface area (Å²) in [7, 11) is 0. The Bertz CT molecular complexity index is 644. The van der Waals surface area contributed by atoms with E-state index in [0.29, 0.717) is 21.4 Å². The average Bonchev–Trinajstić information content (AvgIpc) is 2.80. The minimum Gasteiger partial charge on any atom is -0.305 e. The first-order valence-electron chi connectivity index (χ1n) is 6.09. The Kier molecular flexibility index (Phi) is 4.06. The van der Waals surface area contributed by atoms with Crippen LogP contribution in [0.2, 0.25) is 10.0 Å². The van der Waals surface area contributed by atoms with Gasteiger partial charge in [0.25, 0.3) is 5.91 Å². The number of rotatable bonds is 2. The third kappa shape index (κ3) is 3.32. The molecule has 106 valence electrons. The molecule has 0 fully saturated rings. The number of nitrogens with zero attached hydrogens (tertiary/aromatic N) is 1. The number of amides is 1. The molecule has 2 aromatic rings. The van der Waals surface area contributed by atoms with Crippen molar-refractivity contribution in [2.75, 3.05) is 5.32 Å². The van der Waals surface area contributed by atoms with Crippen molar-refractivity contribution >= 4 is 34.9 Å². The van der Waals surface area contributed by atoms with E-state index in [1.54, 1.807) is 18.2 Å². The maximum atomic E-state index is 12.1. The number of hydrogen-bond donors (Lipinski definition) is 2. The first-order valence-corrected chi connectivity index (χ1v) is 6.85. The van der Waals surface area contributed by atoms with Gasteiger partial charge in [-0.05, 0) is 18.2 Å². The van der Waals surface area contributed by atoms with Crippen molar-refractivity contribution in [3.8, 4) is 0 Å². The molecule has 0 radical (unpaired) electrons. The van der Waals surface area contributed by atoms with Gasteiger partial charge in [-0.2, -0.15) is 5.10 Å². The first kappa shape index (κ1) is 14.9. The molecule has 4 nitrogen and oxygen atoms in total. The topological polar surface area (TPSA) is 57.8 Å². The largest absolute Gasteiger partial charge is 0.305 e. The lowest BCUT2D eigenvalue weighted by molar-refractivity contribution is 0.102. The van der Waals surface area contributed by atoms with E-state index in [-0.39, 0.29) is 11.3 Å². The lowest BCUT2D eigenvalue weighted by Gasteiger charge is -2.14. The van der Waals surface area contributed by atoms with E-state index < -0.39 is 0 Å². The molecule has 6 heteroatoms. The van der Waals surface area contributed by atoms with Crippen LogP contribution in [0.3, 0.4) is 0 Å². The predicted octanol–water partition coefficient (Wildman–Crippen LogP) is 4.27. The van der Waals surface area contributed by atoms with Crippen LogP contribution in [0.1, 0.15) is 36.8 Å². The molecule has 0 bridgehead atoms. The van der Waals surface area contributed by atoms with Crippen LogP contribution >= 0.6 is 23.2 Å². The fourth-order valence-electron chi connectivity index (χ4n) is 1.63. The molecule has 0 saturated carbocycles. The monoisotopic (exact) mass is 311 g/mol. The first-order chi connectivity index (χ1) is 9.27. The smallest absolute Gasteiger partial charge is 0.258 e. The number of hydrogen-bond acceptors (Lipinski definition) is 2. The second-order valence-electron chi connectivity index (χ2n) is 5.50. The van der Waals surface area contributed by atoms with E-state index in [9.17, 15) is 4.79 Å². The lowest BCUT2D eigenvalue weighted by atomic mass is 9.92. The van der Waals surface area contributed by atoms with E-state index in [2.05, 4.69) is 36.3 Å². The Labute approximate surface area is 127 Å². The zero-order valence-corrected chi connectivity index (χ0v) is 12.9. The summed E-state index contributed by atoms with van der Waals surface area (Å²) in [4.78, 5) is 12.1. The van der Waals surface area contributed by atoms with Crippen molar-refractivity contribution in [1.82, 2.24) is 10.2 Å². The van der Waals surface area contributed by atoms with E-state index >= 15 is 0 Å². The third-order valence-electron chi connectivity index (χ3n) is 2.80. The molecule has 0 unspecified atom stereocenters. The molecule has 2 rings (SSSR count). The van der Waals surface area contributed by atoms with Crippen LogP contribution in [-0.2, 0) is 5.41 Å². The van der Waals surface area contributed by atoms with Crippen LogP contribution in [0.4, 0.5) is 5.82 Å². The van der Waals surface area contributed by atoms with Crippen molar-refractivity contribution in [2.45, 2.75) is 26.2 Å². The Balaban J connectivity index is 2.20. The Morgan fingerprint density at radius 1 is 1.25 bits per heavy atom. The minimum absolute atomic E-state index is 0.0658. The van der Waals surface area contributed by atoms with Gasteiger partial charge >= 0.3 is 0 Å². The Hall–Kier alpha value is -1.52. The van der Waals surface area contributed by atoms with Crippen LogP contribution in [0.15, 0.2) is 24.3 Å². The van der Waals surface area contributed by atoms with Crippen molar-refractivity contribution < 1.29 is 4.79 Å². The molecule has 0 saturated heterocycles. The lowest BCUT2D eigenvalue weighted by Crippen LogP contribution is -2.13. The van der Waals surface area contributed by atoms with Crippen LogP contribution in [0.5, 0.6) is 0 Å². The molecule has 1 aromatic carbocycles. The number of carbonyl (C=O) groups is 1. The fraction of sp³-hybridized carbons (Fsp3) is 0.286. The van der Waals surface area contributed by atoms with Gasteiger partial charge in [0.2, 0.25) is 0 Å². The van der Waals surface area contributed by atoms with Crippen molar-refractivity contribution in [3.63, 3.8) is 0 Å². The van der Waals surface area contributed by atoms with Gasteiger partial charge in [0.05, 0.1) is 10.6 Å². The molecule has 1 amide bonds. The molecule has 0 aliphatic carbocycles. The summed E-state index contributed by atoms with van der Waals surface area (Å²) >= 11 is 11.9. The second-order valence-corrected chi connectivity index (χ2v) is 6.34. The summed E-state index contributed by atoms with van der Waals surface area (Å²) < 4.78 is 0.